The number of ether oxygens (including phenoxy) is 2. The Labute approximate surface area is 152 Å². The maximum absolute atomic E-state index is 13.1. The third kappa shape index (κ3) is 3.80. The molecule has 0 radical (unpaired) electrons. The van der Waals surface area contributed by atoms with Crippen LogP contribution < -0.4 is 15.2 Å². The van der Waals surface area contributed by atoms with Crippen LogP contribution in [0.5, 0.6) is 11.5 Å². The van der Waals surface area contributed by atoms with Crippen LogP contribution in [0, 0.1) is 6.92 Å². The Kier molecular flexibility index (Phi) is 5.72. The number of hydrogen-bond donors (Lipinski definition) is 2. The number of H-pyrrole nitrogens is 1. The molecule has 1 aromatic heterocycles. The first-order chi connectivity index (χ1) is 12.6. The Bertz CT molecular complexity index is 761. The highest BCUT2D eigenvalue weighted by atomic mass is 16.5. The van der Waals surface area contributed by atoms with Gasteiger partial charge in [-0.1, -0.05) is 0 Å². The van der Waals surface area contributed by atoms with Gasteiger partial charge in [0, 0.05) is 12.1 Å². The Morgan fingerprint density at radius 3 is 2.96 bits per heavy atom. The lowest BCUT2D eigenvalue weighted by Gasteiger charge is -2.23. The molecule has 1 atom stereocenters. The quantitative estimate of drug-likeness (QED) is 0.731. The van der Waals surface area contributed by atoms with Crippen molar-refractivity contribution in [2.75, 3.05) is 26.8 Å². The molecule has 1 amide bonds. The molecule has 1 aliphatic rings. The highest BCUT2D eigenvalue weighted by Gasteiger charge is 2.33. The van der Waals surface area contributed by atoms with Crippen LogP contribution in [0.4, 0.5) is 0 Å². The first-order valence-corrected chi connectivity index (χ1v) is 8.84. The predicted molar refractivity (Wildman–Crippen MR) is 96.3 cm³/mol. The van der Waals surface area contributed by atoms with Crippen molar-refractivity contribution in [3.8, 4) is 11.5 Å². The van der Waals surface area contributed by atoms with E-state index in [1.807, 2.05) is 11.8 Å². The van der Waals surface area contributed by atoms with Crippen LogP contribution in [-0.2, 0) is 0 Å². The van der Waals surface area contributed by atoms with Gasteiger partial charge in [-0.25, -0.2) is 4.98 Å². The summed E-state index contributed by atoms with van der Waals surface area (Å²) in [4.78, 5) is 19.3. The standard InChI is InChI=1S/C18H25N5O3/c1-12-20-17(22-21-12)14-5-3-9-23(14)18(24)13-6-7-15(25-2)16(11-13)26-10-4-8-19/h6-7,11,14H,3-5,8-10,19H2,1-2H3,(H,20,21,22)/t14-/m1/s1. The molecule has 0 aliphatic carbocycles. The summed E-state index contributed by atoms with van der Waals surface area (Å²) in [6.45, 7) is 3.57. The first-order valence-electron chi connectivity index (χ1n) is 8.84. The molecule has 8 nitrogen and oxygen atoms in total. The molecule has 1 fully saturated rings. The van der Waals surface area contributed by atoms with Gasteiger partial charge in [-0.15, -0.1) is 0 Å². The summed E-state index contributed by atoms with van der Waals surface area (Å²) in [6.07, 6.45) is 2.53. The molecule has 8 heteroatoms. The number of nitrogens with one attached hydrogen (secondary N) is 1. The highest BCUT2D eigenvalue weighted by Crippen LogP contribution is 2.33. The van der Waals surface area contributed by atoms with Gasteiger partial charge in [0.15, 0.2) is 17.3 Å². The Balaban J connectivity index is 1.81. The largest absolute Gasteiger partial charge is 0.493 e. The number of benzene rings is 1. The SMILES string of the molecule is COc1ccc(C(=O)N2CCC[C@@H]2c2n[nH]c(C)n2)cc1OCCCN. The molecule has 0 saturated carbocycles. The van der Waals surface area contributed by atoms with Crippen molar-refractivity contribution in [3.63, 3.8) is 0 Å². The summed E-state index contributed by atoms with van der Waals surface area (Å²) in [7, 11) is 1.58. The lowest BCUT2D eigenvalue weighted by molar-refractivity contribution is 0.0729. The van der Waals surface area contributed by atoms with E-state index in [1.165, 1.54) is 0 Å². The molecule has 2 aromatic rings. The number of methoxy groups -OCH3 is 1. The summed E-state index contributed by atoms with van der Waals surface area (Å²) in [5.74, 6) is 2.51. The summed E-state index contributed by atoms with van der Waals surface area (Å²) in [5, 5.41) is 7.08. The van der Waals surface area contributed by atoms with Crippen molar-refractivity contribution in [1.82, 2.24) is 20.1 Å². The number of aromatic nitrogens is 3. The molecule has 1 saturated heterocycles. The van der Waals surface area contributed by atoms with Gasteiger partial charge >= 0.3 is 0 Å². The topological polar surface area (TPSA) is 106 Å². The zero-order chi connectivity index (χ0) is 18.5. The maximum atomic E-state index is 13.1. The fourth-order valence-electron chi connectivity index (χ4n) is 3.14. The van der Waals surface area contributed by atoms with Gasteiger partial charge < -0.3 is 20.1 Å². The Morgan fingerprint density at radius 1 is 1.42 bits per heavy atom. The molecule has 3 N–H and O–H groups in total. The molecule has 1 aromatic carbocycles. The number of carbonyl (C=O) groups is 1. The number of aryl methyl sites for hydroxylation is 1. The molecule has 2 heterocycles. The number of aromatic amines is 1. The van der Waals surface area contributed by atoms with Gasteiger partial charge in [-0.05, 0) is 50.9 Å². The number of nitrogens with zero attached hydrogens (tertiary/aromatic N) is 3. The molecule has 1 aliphatic heterocycles. The second-order valence-electron chi connectivity index (χ2n) is 6.29. The smallest absolute Gasteiger partial charge is 0.254 e. The van der Waals surface area contributed by atoms with Crippen molar-refractivity contribution in [1.29, 1.82) is 0 Å². The van der Waals surface area contributed by atoms with Crippen LogP contribution in [0.25, 0.3) is 0 Å². The normalized spacial score (nSPS) is 16.7. The van der Waals surface area contributed by atoms with E-state index in [9.17, 15) is 4.79 Å². The van der Waals surface area contributed by atoms with Crippen LogP contribution in [0.2, 0.25) is 0 Å². The summed E-state index contributed by atoms with van der Waals surface area (Å²) >= 11 is 0. The lowest BCUT2D eigenvalue weighted by Crippen LogP contribution is -2.31. The van der Waals surface area contributed by atoms with E-state index in [1.54, 1.807) is 25.3 Å². The molecule has 140 valence electrons. The number of carbonyl (C=O) groups excluding carboxylic acids is 1. The zero-order valence-electron chi connectivity index (χ0n) is 15.2. The minimum atomic E-state index is -0.101. The van der Waals surface area contributed by atoms with E-state index in [2.05, 4.69) is 15.2 Å². The van der Waals surface area contributed by atoms with Gasteiger partial charge in [0.1, 0.15) is 5.82 Å². The second-order valence-corrected chi connectivity index (χ2v) is 6.29. The first kappa shape index (κ1) is 18.2. The Hall–Kier alpha value is -2.61. The Morgan fingerprint density at radius 2 is 2.27 bits per heavy atom. The fourth-order valence-corrected chi connectivity index (χ4v) is 3.14. The molecule has 0 bridgehead atoms. The fraction of sp³-hybridized carbons (Fsp3) is 0.500. The number of nitrogens with two attached hydrogens (primary N) is 1. The number of likely N-dealkylation sites (tertiary alicyclic amines) is 1. The van der Waals surface area contributed by atoms with Crippen molar-refractivity contribution < 1.29 is 14.3 Å². The summed E-state index contributed by atoms with van der Waals surface area (Å²) in [6, 6.07) is 5.15. The van der Waals surface area contributed by atoms with Gasteiger partial charge in [0.25, 0.3) is 5.91 Å². The van der Waals surface area contributed by atoms with Crippen LogP contribution in [0.1, 0.15) is 47.3 Å². The number of rotatable bonds is 7. The van der Waals surface area contributed by atoms with Gasteiger partial charge in [-0.2, -0.15) is 5.10 Å². The average Bonchev–Trinajstić information content (AvgIpc) is 3.30. The minimum absolute atomic E-state index is 0.0544. The molecular weight excluding hydrogens is 334 g/mol. The van der Waals surface area contributed by atoms with E-state index in [-0.39, 0.29) is 11.9 Å². The van der Waals surface area contributed by atoms with Gasteiger partial charge in [0.05, 0.1) is 19.8 Å². The van der Waals surface area contributed by atoms with E-state index in [4.69, 9.17) is 15.2 Å². The van der Waals surface area contributed by atoms with Crippen LogP contribution in [-0.4, -0.2) is 52.8 Å². The monoisotopic (exact) mass is 359 g/mol. The van der Waals surface area contributed by atoms with Crippen LogP contribution in [0.3, 0.4) is 0 Å². The summed E-state index contributed by atoms with van der Waals surface area (Å²) < 4.78 is 11.1. The molecule has 3 rings (SSSR count). The van der Waals surface area contributed by atoms with Crippen molar-refractivity contribution in [2.24, 2.45) is 5.73 Å². The third-order valence-electron chi connectivity index (χ3n) is 4.44. The third-order valence-corrected chi connectivity index (χ3v) is 4.44. The van der Waals surface area contributed by atoms with Crippen molar-refractivity contribution in [2.45, 2.75) is 32.2 Å². The van der Waals surface area contributed by atoms with Crippen LogP contribution in [0.15, 0.2) is 18.2 Å². The van der Waals surface area contributed by atoms with Crippen molar-refractivity contribution >= 4 is 5.91 Å². The van der Waals surface area contributed by atoms with Crippen LogP contribution >= 0.6 is 0 Å². The predicted octanol–water partition coefficient (Wildman–Crippen LogP) is 1.83. The molecule has 0 spiro atoms. The molecular formula is C18H25N5O3. The highest BCUT2D eigenvalue weighted by molar-refractivity contribution is 5.95. The average molecular weight is 359 g/mol. The zero-order valence-corrected chi connectivity index (χ0v) is 15.2. The van der Waals surface area contributed by atoms with E-state index < -0.39 is 0 Å². The second kappa shape index (κ2) is 8.18. The maximum Gasteiger partial charge on any atom is 0.254 e. The molecule has 0 unspecified atom stereocenters. The minimum Gasteiger partial charge on any atom is -0.493 e. The van der Waals surface area contributed by atoms with E-state index in [0.29, 0.717) is 42.6 Å². The van der Waals surface area contributed by atoms with E-state index >= 15 is 0 Å². The van der Waals surface area contributed by atoms with E-state index in [0.717, 1.165) is 25.1 Å². The number of amides is 1. The molecule has 26 heavy (non-hydrogen) atoms. The lowest BCUT2D eigenvalue weighted by atomic mass is 10.1. The summed E-state index contributed by atoms with van der Waals surface area (Å²) in [5.41, 5.74) is 6.07. The number of hydrogen-bond acceptors (Lipinski definition) is 6. The van der Waals surface area contributed by atoms with Gasteiger partial charge in [0.2, 0.25) is 0 Å². The van der Waals surface area contributed by atoms with Gasteiger partial charge in [-0.3, -0.25) is 9.89 Å². The van der Waals surface area contributed by atoms with Crippen molar-refractivity contribution in [3.05, 3.63) is 35.4 Å².